The second-order valence-corrected chi connectivity index (χ2v) is 4.02. The van der Waals surface area contributed by atoms with Gasteiger partial charge >= 0.3 is 0 Å². The van der Waals surface area contributed by atoms with Crippen molar-refractivity contribution in [3.8, 4) is 0 Å². The Morgan fingerprint density at radius 3 is 2.50 bits per heavy atom. The molecule has 0 aromatic heterocycles. The molecule has 0 fully saturated rings. The van der Waals surface area contributed by atoms with Crippen molar-refractivity contribution in [2.75, 3.05) is 5.33 Å². The lowest BCUT2D eigenvalue weighted by Gasteiger charge is -2.15. The number of hydrogen-bond acceptors (Lipinski definition) is 1. The summed E-state index contributed by atoms with van der Waals surface area (Å²) in [5.41, 5.74) is 6.03. The first-order chi connectivity index (χ1) is 5.57. The summed E-state index contributed by atoms with van der Waals surface area (Å²) in [6.07, 6.45) is 5.03. The van der Waals surface area contributed by atoms with E-state index in [-0.39, 0.29) is 0 Å². The molecule has 1 nitrogen and oxygen atoms in total. The normalized spacial score (nSPS) is 14.0. The fourth-order valence-electron chi connectivity index (χ4n) is 0.908. The minimum atomic E-state index is 0.632. The fraction of sp³-hybridized carbons (Fsp3) is 0.600. The lowest BCUT2D eigenvalue weighted by atomic mass is 9.94. The number of hydrogen-bond donors (Lipinski definition) is 1. The van der Waals surface area contributed by atoms with Crippen molar-refractivity contribution in [3.63, 3.8) is 0 Å². The predicted octanol–water partition coefficient (Wildman–Crippen LogP) is 3.07. The molecule has 0 aliphatic heterocycles. The van der Waals surface area contributed by atoms with E-state index in [2.05, 4.69) is 42.4 Å². The summed E-state index contributed by atoms with van der Waals surface area (Å²) in [5, 5.41) is 1.05. The minimum Gasteiger partial charge on any atom is -0.399 e. The largest absolute Gasteiger partial charge is 0.399 e. The highest BCUT2D eigenvalue weighted by Gasteiger charge is 2.08. The lowest BCUT2D eigenvalue weighted by molar-refractivity contribution is 0.434. The fourth-order valence-corrected chi connectivity index (χ4v) is 1.92. The lowest BCUT2D eigenvalue weighted by Crippen LogP contribution is -2.08. The van der Waals surface area contributed by atoms with Crippen molar-refractivity contribution in [2.24, 2.45) is 17.6 Å². The summed E-state index contributed by atoms with van der Waals surface area (Å²) >= 11 is 3.50. The van der Waals surface area contributed by atoms with Crippen LogP contribution in [0.2, 0.25) is 0 Å². The molecule has 1 unspecified atom stereocenters. The monoisotopic (exact) mass is 231 g/mol. The first kappa shape index (κ1) is 11.8. The molecule has 0 aliphatic carbocycles. The van der Waals surface area contributed by atoms with Crippen LogP contribution < -0.4 is 5.73 Å². The van der Waals surface area contributed by atoms with Crippen molar-refractivity contribution in [3.05, 3.63) is 24.4 Å². The zero-order chi connectivity index (χ0) is 9.56. The molecule has 0 aromatic rings. The van der Waals surface area contributed by atoms with Gasteiger partial charge in [-0.15, -0.1) is 0 Å². The predicted molar refractivity (Wildman–Crippen MR) is 59.2 cm³/mol. The molecule has 0 amide bonds. The summed E-state index contributed by atoms with van der Waals surface area (Å²) in [7, 11) is 0. The van der Waals surface area contributed by atoms with Crippen molar-refractivity contribution in [2.45, 2.75) is 20.3 Å². The first-order valence-corrected chi connectivity index (χ1v) is 5.37. The Kier molecular flexibility index (Phi) is 6.17. The molecule has 0 bridgehead atoms. The Bertz CT molecular complexity index is 161. The Hall–Kier alpha value is -0.240. The van der Waals surface area contributed by atoms with Gasteiger partial charge in [0.2, 0.25) is 0 Å². The van der Waals surface area contributed by atoms with Gasteiger partial charge in [0.05, 0.1) is 0 Å². The van der Waals surface area contributed by atoms with Gasteiger partial charge in [-0.1, -0.05) is 42.4 Å². The van der Waals surface area contributed by atoms with E-state index in [1.165, 1.54) is 0 Å². The van der Waals surface area contributed by atoms with Crippen LogP contribution in [0.15, 0.2) is 24.4 Å². The quantitative estimate of drug-likeness (QED) is 0.572. The molecule has 0 aromatic carbocycles. The van der Waals surface area contributed by atoms with Crippen LogP contribution in [0.3, 0.4) is 0 Å². The Labute approximate surface area is 83.9 Å². The van der Waals surface area contributed by atoms with Crippen molar-refractivity contribution in [1.82, 2.24) is 0 Å². The van der Waals surface area contributed by atoms with Gasteiger partial charge in [-0.25, -0.2) is 0 Å². The first-order valence-electron chi connectivity index (χ1n) is 4.24. The van der Waals surface area contributed by atoms with Gasteiger partial charge in [-0.3, -0.25) is 0 Å². The summed E-state index contributed by atoms with van der Waals surface area (Å²) in [5.74, 6) is 1.40. The van der Waals surface area contributed by atoms with E-state index in [1.807, 2.05) is 6.08 Å². The minimum absolute atomic E-state index is 0.632. The second kappa shape index (κ2) is 6.30. The van der Waals surface area contributed by atoms with Crippen LogP contribution in [0.25, 0.3) is 0 Å². The molecule has 0 saturated heterocycles. The highest BCUT2D eigenvalue weighted by atomic mass is 79.9. The highest BCUT2D eigenvalue weighted by molar-refractivity contribution is 9.09. The third kappa shape index (κ3) is 5.42. The molecule has 0 aliphatic rings. The average molecular weight is 232 g/mol. The van der Waals surface area contributed by atoms with Crippen molar-refractivity contribution < 1.29 is 0 Å². The van der Waals surface area contributed by atoms with E-state index in [0.29, 0.717) is 17.5 Å². The summed E-state index contributed by atoms with van der Waals surface area (Å²) in [4.78, 5) is 0. The molecule has 70 valence electrons. The summed E-state index contributed by atoms with van der Waals surface area (Å²) in [6.45, 7) is 8.07. The molecule has 0 heterocycles. The summed E-state index contributed by atoms with van der Waals surface area (Å²) in [6, 6.07) is 0. The molecular weight excluding hydrogens is 214 g/mol. The third-order valence-electron chi connectivity index (χ3n) is 1.91. The SMILES string of the molecule is C=C(N)/C=C\CC(CBr)C(C)C. The van der Waals surface area contributed by atoms with Gasteiger partial charge in [0.15, 0.2) is 0 Å². The average Bonchev–Trinajstić information content (AvgIpc) is 1.96. The van der Waals surface area contributed by atoms with Gasteiger partial charge in [0.25, 0.3) is 0 Å². The molecule has 0 saturated carbocycles. The summed E-state index contributed by atoms with van der Waals surface area (Å²) < 4.78 is 0. The van der Waals surface area contributed by atoms with E-state index in [0.717, 1.165) is 11.8 Å². The van der Waals surface area contributed by atoms with Crippen LogP contribution in [0.4, 0.5) is 0 Å². The van der Waals surface area contributed by atoms with E-state index in [4.69, 9.17) is 5.73 Å². The molecule has 0 rings (SSSR count). The van der Waals surface area contributed by atoms with Gasteiger partial charge in [-0.2, -0.15) is 0 Å². The standard InChI is InChI=1S/C10H18BrN/c1-8(2)10(7-11)6-4-5-9(3)12/h4-5,8,10H,3,6-7,12H2,1-2H3/b5-4-. The van der Waals surface area contributed by atoms with Crippen molar-refractivity contribution >= 4 is 15.9 Å². The maximum atomic E-state index is 5.40. The van der Waals surface area contributed by atoms with Crippen LogP contribution in [0.1, 0.15) is 20.3 Å². The molecule has 2 N–H and O–H groups in total. The van der Waals surface area contributed by atoms with Crippen LogP contribution in [-0.4, -0.2) is 5.33 Å². The molecule has 2 heteroatoms. The van der Waals surface area contributed by atoms with Gasteiger partial charge in [-0.05, 0) is 24.3 Å². The maximum Gasteiger partial charge on any atom is 0.0237 e. The highest BCUT2D eigenvalue weighted by Crippen LogP contribution is 2.18. The smallest absolute Gasteiger partial charge is 0.0237 e. The van der Waals surface area contributed by atoms with Gasteiger partial charge in [0, 0.05) is 11.0 Å². The Morgan fingerprint density at radius 2 is 2.17 bits per heavy atom. The topological polar surface area (TPSA) is 26.0 Å². The molecule has 1 atom stereocenters. The van der Waals surface area contributed by atoms with Crippen LogP contribution in [0.5, 0.6) is 0 Å². The molecular formula is C10H18BrN. The van der Waals surface area contributed by atoms with E-state index in [1.54, 1.807) is 0 Å². The van der Waals surface area contributed by atoms with Gasteiger partial charge < -0.3 is 5.73 Å². The van der Waals surface area contributed by atoms with Crippen LogP contribution in [-0.2, 0) is 0 Å². The van der Waals surface area contributed by atoms with Crippen molar-refractivity contribution in [1.29, 1.82) is 0 Å². The molecule has 0 spiro atoms. The van der Waals surface area contributed by atoms with Gasteiger partial charge in [0.1, 0.15) is 0 Å². The number of rotatable bonds is 5. The van der Waals surface area contributed by atoms with E-state index in [9.17, 15) is 0 Å². The Balaban J connectivity index is 3.80. The van der Waals surface area contributed by atoms with Crippen LogP contribution >= 0.6 is 15.9 Å². The van der Waals surface area contributed by atoms with E-state index < -0.39 is 0 Å². The Morgan fingerprint density at radius 1 is 1.58 bits per heavy atom. The second-order valence-electron chi connectivity index (χ2n) is 3.37. The zero-order valence-electron chi connectivity index (χ0n) is 7.89. The van der Waals surface area contributed by atoms with E-state index >= 15 is 0 Å². The number of alkyl halides is 1. The number of halogens is 1. The number of nitrogens with two attached hydrogens (primary N) is 1. The zero-order valence-corrected chi connectivity index (χ0v) is 9.47. The molecule has 0 radical (unpaired) electrons. The third-order valence-corrected chi connectivity index (χ3v) is 2.74. The van der Waals surface area contributed by atoms with Crippen LogP contribution in [0, 0.1) is 11.8 Å². The molecule has 12 heavy (non-hydrogen) atoms. The number of allylic oxidation sites excluding steroid dienone is 2. The maximum absolute atomic E-state index is 5.40.